The van der Waals surface area contributed by atoms with E-state index in [0.717, 1.165) is 17.5 Å². The van der Waals surface area contributed by atoms with Crippen LogP contribution in [0.2, 0.25) is 0 Å². The molecule has 0 aliphatic heterocycles. The lowest BCUT2D eigenvalue weighted by molar-refractivity contribution is -0.140. The van der Waals surface area contributed by atoms with Gasteiger partial charge < -0.3 is 25.4 Å². The minimum absolute atomic E-state index is 0.168. The van der Waals surface area contributed by atoms with Gasteiger partial charge in [0.1, 0.15) is 12.6 Å². The van der Waals surface area contributed by atoms with Crippen LogP contribution in [0.15, 0.2) is 66.7 Å². The molecule has 9 nitrogen and oxygen atoms in total. The second-order valence-electron chi connectivity index (χ2n) is 8.61. The van der Waals surface area contributed by atoms with Crippen molar-refractivity contribution in [3.8, 4) is 0 Å². The van der Waals surface area contributed by atoms with Crippen LogP contribution < -0.4 is 16.0 Å². The second-order valence-corrected chi connectivity index (χ2v) is 8.61. The van der Waals surface area contributed by atoms with Gasteiger partial charge in [-0.1, -0.05) is 67.1 Å². The first-order valence-electron chi connectivity index (χ1n) is 12.8. The quantitative estimate of drug-likeness (QED) is 0.175. The molecule has 0 unspecified atom stereocenters. The standard InChI is InChI=1S/C29H37N3O6/c1-37-27(34)17-9-4-10-20-30-28(35)25(32-26(33)19-18-23-12-5-2-6-13-23)16-11-21-31-29(36)38-22-24-14-7-3-8-15-24/h2-3,5-8,12-15,18-19,25H,4,9-11,16-17,20-22H2,1H3,(H,30,35)(H,31,36)(H,32,33)/t25-/m0/s1. The average Bonchev–Trinajstić information content (AvgIpc) is 2.95. The molecule has 2 rings (SSSR count). The van der Waals surface area contributed by atoms with Crippen LogP contribution in [0.5, 0.6) is 0 Å². The van der Waals surface area contributed by atoms with Crippen LogP contribution in [-0.2, 0) is 30.5 Å². The van der Waals surface area contributed by atoms with Crippen molar-refractivity contribution in [3.63, 3.8) is 0 Å². The zero-order valence-corrected chi connectivity index (χ0v) is 21.8. The minimum Gasteiger partial charge on any atom is -0.469 e. The van der Waals surface area contributed by atoms with Crippen LogP contribution in [0.3, 0.4) is 0 Å². The second kappa shape index (κ2) is 18.2. The van der Waals surface area contributed by atoms with Gasteiger partial charge in [0.25, 0.3) is 0 Å². The maximum atomic E-state index is 12.8. The van der Waals surface area contributed by atoms with Crippen LogP contribution in [-0.4, -0.2) is 50.1 Å². The summed E-state index contributed by atoms with van der Waals surface area (Å²) in [5.74, 6) is -0.939. The van der Waals surface area contributed by atoms with E-state index in [1.54, 1.807) is 6.08 Å². The summed E-state index contributed by atoms with van der Waals surface area (Å²) in [4.78, 5) is 48.4. The van der Waals surface area contributed by atoms with Gasteiger partial charge in [0.05, 0.1) is 7.11 Å². The zero-order chi connectivity index (χ0) is 27.4. The summed E-state index contributed by atoms with van der Waals surface area (Å²) in [7, 11) is 1.36. The Labute approximate surface area is 224 Å². The number of esters is 1. The van der Waals surface area contributed by atoms with Gasteiger partial charge in [-0.2, -0.15) is 0 Å². The Balaban J connectivity index is 1.79. The molecule has 0 aliphatic carbocycles. The third kappa shape index (κ3) is 13.2. The van der Waals surface area contributed by atoms with E-state index in [4.69, 9.17) is 4.74 Å². The van der Waals surface area contributed by atoms with Crippen molar-refractivity contribution < 1.29 is 28.7 Å². The number of hydrogen-bond acceptors (Lipinski definition) is 6. The SMILES string of the molecule is COC(=O)CCCCCNC(=O)[C@H](CCCNC(=O)OCc1ccccc1)NC(=O)C=Cc1ccccc1. The number of methoxy groups -OCH3 is 1. The lowest BCUT2D eigenvalue weighted by Gasteiger charge is -2.18. The lowest BCUT2D eigenvalue weighted by Crippen LogP contribution is -2.46. The molecule has 0 spiro atoms. The zero-order valence-electron chi connectivity index (χ0n) is 21.8. The van der Waals surface area contributed by atoms with E-state index in [-0.39, 0.29) is 24.4 Å². The van der Waals surface area contributed by atoms with Gasteiger partial charge >= 0.3 is 12.1 Å². The number of ether oxygens (including phenoxy) is 2. The summed E-state index contributed by atoms with van der Waals surface area (Å²) in [6.07, 6.45) is 5.80. The molecule has 2 aromatic carbocycles. The van der Waals surface area contributed by atoms with Gasteiger partial charge in [0, 0.05) is 25.6 Å². The molecule has 0 bridgehead atoms. The van der Waals surface area contributed by atoms with E-state index in [1.165, 1.54) is 13.2 Å². The molecule has 3 amide bonds. The molecule has 0 fully saturated rings. The monoisotopic (exact) mass is 523 g/mol. The van der Waals surface area contributed by atoms with Gasteiger partial charge in [-0.3, -0.25) is 14.4 Å². The Morgan fingerprint density at radius 2 is 1.53 bits per heavy atom. The number of alkyl carbamates (subject to hydrolysis) is 1. The first-order chi connectivity index (χ1) is 18.5. The fourth-order valence-corrected chi connectivity index (χ4v) is 3.50. The van der Waals surface area contributed by atoms with E-state index in [2.05, 4.69) is 20.7 Å². The molecule has 38 heavy (non-hydrogen) atoms. The maximum Gasteiger partial charge on any atom is 0.407 e. The van der Waals surface area contributed by atoms with Crippen molar-refractivity contribution in [2.75, 3.05) is 20.2 Å². The molecule has 204 valence electrons. The van der Waals surface area contributed by atoms with Gasteiger partial charge in [0.15, 0.2) is 0 Å². The van der Waals surface area contributed by atoms with Crippen LogP contribution in [0.1, 0.15) is 49.7 Å². The lowest BCUT2D eigenvalue weighted by atomic mass is 10.1. The Morgan fingerprint density at radius 3 is 2.24 bits per heavy atom. The van der Waals surface area contributed by atoms with Crippen molar-refractivity contribution in [2.45, 2.75) is 51.2 Å². The first kappa shape index (κ1) is 30.1. The fraction of sp³-hybridized carbons (Fsp3) is 0.379. The number of nitrogens with one attached hydrogen (secondary N) is 3. The fourth-order valence-electron chi connectivity index (χ4n) is 3.50. The molecule has 2 aromatic rings. The molecule has 0 radical (unpaired) electrons. The van der Waals surface area contributed by atoms with Crippen LogP contribution >= 0.6 is 0 Å². The highest BCUT2D eigenvalue weighted by Crippen LogP contribution is 2.04. The summed E-state index contributed by atoms with van der Waals surface area (Å²) < 4.78 is 9.81. The van der Waals surface area contributed by atoms with E-state index in [0.29, 0.717) is 45.2 Å². The molecule has 0 aromatic heterocycles. The Kier molecular flexibility index (Phi) is 14.4. The predicted molar refractivity (Wildman–Crippen MR) is 145 cm³/mol. The van der Waals surface area contributed by atoms with Crippen LogP contribution in [0.25, 0.3) is 6.08 Å². The molecule has 9 heteroatoms. The van der Waals surface area contributed by atoms with E-state index < -0.39 is 12.1 Å². The van der Waals surface area contributed by atoms with Gasteiger partial charge in [0.2, 0.25) is 11.8 Å². The molecule has 0 heterocycles. The highest BCUT2D eigenvalue weighted by molar-refractivity contribution is 5.95. The summed E-state index contributed by atoms with van der Waals surface area (Å²) in [5.41, 5.74) is 1.75. The highest BCUT2D eigenvalue weighted by Gasteiger charge is 2.19. The average molecular weight is 524 g/mol. The highest BCUT2D eigenvalue weighted by atomic mass is 16.5. The minimum atomic E-state index is -0.764. The first-order valence-corrected chi connectivity index (χ1v) is 12.8. The van der Waals surface area contributed by atoms with E-state index in [1.807, 2.05) is 60.7 Å². The number of carbonyl (C=O) groups excluding carboxylic acids is 4. The van der Waals surface area contributed by atoms with E-state index >= 15 is 0 Å². The topological polar surface area (TPSA) is 123 Å². The summed E-state index contributed by atoms with van der Waals surface area (Å²) in [6, 6.07) is 18.0. The molecule has 3 N–H and O–H groups in total. The molecule has 0 saturated carbocycles. The number of hydrogen-bond donors (Lipinski definition) is 3. The van der Waals surface area contributed by atoms with Crippen molar-refractivity contribution in [2.24, 2.45) is 0 Å². The third-order valence-electron chi connectivity index (χ3n) is 5.60. The van der Waals surface area contributed by atoms with Gasteiger partial charge in [-0.05, 0) is 42.9 Å². The van der Waals surface area contributed by atoms with Crippen molar-refractivity contribution in [1.82, 2.24) is 16.0 Å². The van der Waals surface area contributed by atoms with E-state index in [9.17, 15) is 19.2 Å². The molecule has 0 aliphatic rings. The normalized spacial score (nSPS) is 11.4. The van der Waals surface area contributed by atoms with Crippen LogP contribution in [0.4, 0.5) is 4.79 Å². The molecule has 1 atom stereocenters. The van der Waals surface area contributed by atoms with Crippen LogP contribution in [0, 0.1) is 0 Å². The Morgan fingerprint density at radius 1 is 0.842 bits per heavy atom. The van der Waals surface area contributed by atoms with Crippen molar-refractivity contribution in [1.29, 1.82) is 0 Å². The number of rotatable bonds is 16. The Hall–Kier alpha value is -4.14. The van der Waals surface area contributed by atoms with Gasteiger partial charge in [-0.25, -0.2) is 4.79 Å². The van der Waals surface area contributed by atoms with Gasteiger partial charge in [-0.15, -0.1) is 0 Å². The maximum absolute atomic E-state index is 12.8. The molecular formula is C29H37N3O6. The predicted octanol–water partition coefficient (Wildman–Crippen LogP) is 3.74. The largest absolute Gasteiger partial charge is 0.469 e. The number of amides is 3. The number of unbranched alkanes of at least 4 members (excludes halogenated alkanes) is 2. The summed E-state index contributed by atoms with van der Waals surface area (Å²) >= 11 is 0. The summed E-state index contributed by atoms with van der Waals surface area (Å²) in [6.45, 7) is 0.887. The summed E-state index contributed by atoms with van der Waals surface area (Å²) in [5, 5.41) is 8.27. The smallest absolute Gasteiger partial charge is 0.407 e. The number of carbonyl (C=O) groups is 4. The third-order valence-corrected chi connectivity index (χ3v) is 5.60. The molecule has 0 saturated heterocycles. The van der Waals surface area contributed by atoms with Crippen molar-refractivity contribution >= 4 is 30.0 Å². The Bertz CT molecular complexity index is 1030. The number of benzene rings is 2. The molecular weight excluding hydrogens is 486 g/mol. The van der Waals surface area contributed by atoms with Crippen molar-refractivity contribution in [3.05, 3.63) is 77.9 Å².